The van der Waals surface area contributed by atoms with E-state index in [-0.39, 0.29) is 5.91 Å². The van der Waals surface area contributed by atoms with Crippen LogP contribution in [0, 0.1) is 13.8 Å². The molecule has 0 atom stereocenters. The maximum atomic E-state index is 12.2. The smallest absolute Gasteiger partial charge is 0.226 e. The van der Waals surface area contributed by atoms with Crippen LogP contribution in [0.4, 0.5) is 0 Å². The quantitative estimate of drug-likeness (QED) is 0.663. The van der Waals surface area contributed by atoms with Crippen molar-refractivity contribution < 1.29 is 9.53 Å². The molecule has 0 radical (unpaired) electrons. The summed E-state index contributed by atoms with van der Waals surface area (Å²) in [6.07, 6.45) is 1.04. The molecule has 140 valence electrons. The van der Waals surface area contributed by atoms with Gasteiger partial charge in [-0.3, -0.25) is 4.79 Å². The molecule has 0 aliphatic rings. The van der Waals surface area contributed by atoms with Gasteiger partial charge >= 0.3 is 0 Å². The number of nitrogens with zero attached hydrogens (tertiary/aromatic N) is 1. The molecule has 1 N–H and O–H groups in total. The van der Waals surface area contributed by atoms with Crippen LogP contribution in [0.2, 0.25) is 0 Å². The highest BCUT2D eigenvalue weighted by Crippen LogP contribution is 2.24. The second kappa shape index (κ2) is 8.82. The van der Waals surface area contributed by atoms with Crippen molar-refractivity contribution in [1.82, 2.24) is 10.3 Å². The second-order valence-corrected chi connectivity index (χ2v) is 7.46. The van der Waals surface area contributed by atoms with Gasteiger partial charge in [0.15, 0.2) is 0 Å². The van der Waals surface area contributed by atoms with E-state index in [0.717, 1.165) is 34.0 Å². The van der Waals surface area contributed by atoms with E-state index in [1.165, 1.54) is 11.1 Å². The number of rotatable bonds is 7. The Morgan fingerprint density at radius 2 is 1.85 bits per heavy atom. The number of hydrogen-bond donors (Lipinski definition) is 1. The summed E-state index contributed by atoms with van der Waals surface area (Å²) in [5.74, 6) is 0.847. The fraction of sp³-hybridized carbons (Fsp3) is 0.273. The van der Waals surface area contributed by atoms with Gasteiger partial charge in [-0.2, -0.15) is 0 Å². The molecule has 0 unspecified atom stereocenters. The van der Waals surface area contributed by atoms with Gasteiger partial charge in [0.05, 0.1) is 19.2 Å². The summed E-state index contributed by atoms with van der Waals surface area (Å²) in [6, 6.07) is 14.4. The predicted octanol–water partition coefficient (Wildman–Crippen LogP) is 4.34. The van der Waals surface area contributed by atoms with Crippen molar-refractivity contribution in [2.75, 3.05) is 13.7 Å². The first-order chi connectivity index (χ1) is 13.0. The molecule has 0 saturated heterocycles. The number of carbonyl (C=O) groups excluding carboxylic acids is 1. The van der Waals surface area contributed by atoms with Crippen LogP contribution in [0.1, 0.15) is 22.4 Å². The molecule has 0 spiro atoms. The first-order valence-electron chi connectivity index (χ1n) is 8.97. The van der Waals surface area contributed by atoms with Crippen molar-refractivity contribution in [3.63, 3.8) is 0 Å². The van der Waals surface area contributed by atoms with Gasteiger partial charge in [-0.05, 0) is 31.9 Å². The molecule has 3 aromatic rings. The van der Waals surface area contributed by atoms with Gasteiger partial charge in [-0.25, -0.2) is 4.98 Å². The number of nitrogens with one attached hydrogen (secondary N) is 1. The van der Waals surface area contributed by atoms with Gasteiger partial charge in [0.1, 0.15) is 10.8 Å². The Hall–Kier alpha value is -2.66. The lowest BCUT2D eigenvalue weighted by molar-refractivity contribution is -0.120. The molecule has 0 aliphatic heterocycles. The van der Waals surface area contributed by atoms with E-state index < -0.39 is 0 Å². The lowest BCUT2D eigenvalue weighted by Crippen LogP contribution is -2.27. The van der Waals surface area contributed by atoms with Crippen LogP contribution in [-0.2, 0) is 17.6 Å². The standard InChI is InChI=1S/C22H24N2O2S/c1-15-4-7-17(8-5-15)22-24-19(14-27-22)13-21(25)23-11-10-18-12-16(2)6-9-20(18)26-3/h4-9,12,14H,10-11,13H2,1-3H3,(H,23,25). The molecule has 0 saturated carbocycles. The van der Waals surface area contributed by atoms with Gasteiger partial charge in [-0.15, -0.1) is 11.3 Å². The van der Waals surface area contributed by atoms with Crippen LogP contribution in [-0.4, -0.2) is 24.5 Å². The topological polar surface area (TPSA) is 51.2 Å². The van der Waals surface area contributed by atoms with Crippen LogP contribution in [0.15, 0.2) is 47.8 Å². The van der Waals surface area contributed by atoms with Crippen molar-refractivity contribution in [3.05, 3.63) is 70.2 Å². The molecule has 4 nitrogen and oxygen atoms in total. The molecule has 1 aromatic heterocycles. The SMILES string of the molecule is COc1ccc(C)cc1CCNC(=O)Cc1csc(-c2ccc(C)cc2)n1. The molecular weight excluding hydrogens is 356 g/mol. The maximum absolute atomic E-state index is 12.2. The largest absolute Gasteiger partial charge is 0.496 e. The van der Waals surface area contributed by atoms with Crippen molar-refractivity contribution in [1.29, 1.82) is 0 Å². The van der Waals surface area contributed by atoms with Gasteiger partial charge < -0.3 is 10.1 Å². The molecular formula is C22H24N2O2S. The fourth-order valence-electron chi connectivity index (χ4n) is 2.88. The number of carbonyl (C=O) groups is 1. The van der Waals surface area contributed by atoms with E-state index in [9.17, 15) is 4.79 Å². The third-order valence-electron chi connectivity index (χ3n) is 4.34. The summed E-state index contributed by atoms with van der Waals surface area (Å²) in [5, 5.41) is 5.88. The molecule has 27 heavy (non-hydrogen) atoms. The van der Waals surface area contributed by atoms with Crippen molar-refractivity contribution in [3.8, 4) is 16.3 Å². The third kappa shape index (κ3) is 5.17. The first kappa shape index (κ1) is 19.1. The van der Waals surface area contributed by atoms with Crippen molar-refractivity contribution in [2.45, 2.75) is 26.7 Å². The lowest BCUT2D eigenvalue weighted by atomic mass is 10.1. The minimum absolute atomic E-state index is 0.0117. The van der Waals surface area contributed by atoms with Crippen LogP contribution in [0.3, 0.4) is 0 Å². The van der Waals surface area contributed by atoms with E-state index in [1.807, 2.05) is 17.5 Å². The van der Waals surface area contributed by atoms with Gasteiger partial charge in [-0.1, -0.05) is 47.5 Å². The van der Waals surface area contributed by atoms with Crippen molar-refractivity contribution >= 4 is 17.2 Å². The number of methoxy groups -OCH3 is 1. The molecule has 0 aliphatic carbocycles. The first-order valence-corrected chi connectivity index (χ1v) is 9.85. The van der Waals surface area contributed by atoms with E-state index >= 15 is 0 Å². The Bertz CT molecular complexity index is 916. The van der Waals surface area contributed by atoms with Gasteiger partial charge in [0.2, 0.25) is 5.91 Å². The summed E-state index contributed by atoms with van der Waals surface area (Å²) in [7, 11) is 1.67. The summed E-state index contributed by atoms with van der Waals surface area (Å²) in [5.41, 5.74) is 5.40. The minimum Gasteiger partial charge on any atom is -0.496 e. The number of aromatic nitrogens is 1. The highest BCUT2D eigenvalue weighted by Gasteiger charge is 2.10. The molecule has 0 bridgehead atoms. The Balaban J connectivity index is 1.53. The average molecular weight is 381 g/mol. The van der Waals surface area contributed by atoms with Gasteiger partial charge in [0.25, 0.3) is 0 Å². The zero-order chi connectivity index (χ0) is 19.2. The third-order valence-corrected chi connectivity index (χ3v) is 5.28. The summed E-state index contributed by atoms with van der Waals surface area (Å²) in [4.78, 5) is 16.8. The van der Waals surface area contributed by atoms with Crippen LogP contribution >= 0.6 is 11.3 Å². The van der Waals surface area contributed by atoms with E-state index in [4.69, 9.17) is 4.74 Å². The van der Waals surface area contributed by atoms with E-state index in [0.29, 0.717) is 13.0 Å². The lowest BCUT2D eigenvalue weighted by Gasteiger charge is -2.10. The minimum atomic E-state index is -0.0117. The molecule has 5 heteroatoms. The van der Waals surface area contributed by atoms with Crippen LogP contribution in [0.25, 0.3) is 10.6 Å². The molecule has 2 aromatic carbocycles. The zero-order valence-electron chi connectivity index (χ0n) is 15.9. The Labute approximate surface area is 164 Å². The number of ether oxygens (including phenoxy) is 1. The molecule has 1 heterocycles. The number of aryl methyl sites for hydroxylation is 2. The Morgan fingerprint density at radius 1 is 1.11 bits per heavy atom. The summed E-state index contributed by atoms with van der Waals surface area (Å²) >= 11 is 1.57. The second-order valence-electron chi connectivity index (χ2n) is 6.60. The van der Waals surface area contributed by atoms with Crippen LogP contribution < -0.4 is 10.1 Å². The predicted molar refractivity (Wildman–Crippen MR) is 110 cm³/mol. The summed E-state index contributed by atoms with van der Waals surface area (Å²) in [6.45, 7) is 4.69. The summed E-state index contributed by atoms with van der Waals surface area (Å²) < 4.78 is 5.38. The Morgan fingerprint density at radius 3 is 2.59 bits per heavy atom. The Kier molecular flexibility index (Phi) is 6.24. The molecule has 1 amide bonds. The zero-order valence-corrected chi connectivity index (χ0v) is 16.7. The number of thiazole rings is 1. The molecule has 3 rings (SSSR count). The number of benzene rings is 2. The normalized spacial score (nSPS) is 10.6. The van der Waals surface area contributed by atoms with Gasteiger partial charge in [0, 0.05) is 17.5 Å². The number of amides is 1. The van der Waals surface area contributed by atoms with E-state index in [2.05, 4.69) is 54.5 Å². The fourth-order valence-corrected chi connectivity index (χ4v) is 3.71. The monoisotopic (exact) mass is 380 g/mol. The van der Waals surface area contributed by atoms with Crippen molar-refractivity contribution in [2.24, 2.45) is 0 Å². The highest BCUT2D eigenvalue weighted by molar-refractivity contribution is 7.13. The van der Waals surface area contributed by atoms with Crippen LogP contribution in [0.5, 0.6) is 5.75 Å². The number of hydrogen-bond acceptors (Lipinski definition) is 4. The highest BCUT2D eigenvalue weighted by atomic mass is 32.1. The van der Waals surface area contributed by atoms with E-state index in [1.54, 1.807) is 18.4 Å². The average Bonchev–Trinajstić information content (AvgIpc) is 3.11. The maximum Gasteiger partial charge on any atom is 0.226 e. The molecule has 0 fully saturated rings.